The van der Waals surface area contributed by atoms with Crippen LogP contribution in [0.5, 0.6) is 0 Å². The van der Waals surface area contributed by atoms with Crippen LogP contribution in [0.3, 0.4) is 0 Å². The molecule has 2 atom stereocenters. The molecule has 1 aromatic rings. The number of urea groups is 1. The summed E-state index contributed by atoms with van der Waals surface area (Å²) in [5, 5.41) is 12.6. The molecule has 0 saturated carbocycles. The van der Waals surface area contributed by atoms with Crippen LogP contribution in [0, 0.1) is 11.7 Å². The molecule has 104 valence electrons. The Kier molecular flexibility index (Phi) is 4.27. The molecule has 2 unspecified atom stereocenters. The second-order valence-corrected chi connectivity index (χ2v) is 5.30. The first-order valence-electron chi connectivity index (χ1n) is 6.16. The lowest BCUT2D eigenvalue weighted by Gasteiger charge is -2.34. The number of carbonyl (C=O) groups excluding carboxylic acids is 1. The number of hydrogen-bond donors (Lipinski definition) is 2. The van der Waals surface area contributed by atoms with Gasteiger partial charge in [-0.3, -0.25) is 0 Å². The lowest BCUT2D eigenvalue weighted by Crippen LogP contribution is -2.47. The number of piperidine rings is 1. The Hall–Kier alpha value is -1.33. The van der Waals surface area contributed by atoms with E-state index < -0.39 is 11.9 Å². The first-order valence-corrected chi connectivity index (χ1v) is 6.53. The summed E-state index contributed by atoms with van der Waals surface area (Å²) in [6.45, 7) is 2.81. The van der Waals surface area contributed by atoms with Crippen LogP contribution < -0.4 is 5.32 Å². The monoisotopic (exact) mass is 286 g/mol. The zero-order chi connectivity index (χ0) is 14.0. The van der Waals surface area contributed by atoms with Crippen molar-refractivity contribution < 1.29 is 14.3 Å². The molecule has 6 heteroatoms. The summed E-state index contributed by atoms with van der Waals surface area (Å²) in [6, 6.07) is 3.50. The van der Waals surface area contributed by atoms with Gasteiger partial charge < -0.3 is 15.3 Å². The van der Waals surface area contributed by atoms with E-state index in [-0.39, 0.29) is 23.5 Å². The second-order valence-electron chi connectivity index (χ2n) is 4.87. The number of aliphatic hydroxyl groups is 1. The van der Waals surface area contributed by atoms with Crippen molar-refractivity contribution >= 4 is 23.3 Å². The second kappa shape index (κ2) is 5.75. The van der Waals surface area contributed by atoms with Crippen LogP contribution >= 0.6 is 11.6 Å². The number of anilines is 1. The molecular formula is C13H16ClFN2O2. The molecule has 1 heterocycles. The first-order chi connectivity index (χ1) is 8.95. The summed E-state index contributed by atoms with van der Waals surface area (Å²) in [6.07, 6.45) is 0.231. The average molecular weight is 287 g/mol. The number of nitrogens with zero attached hydrogens (tertiary/aromatic N) is 1. The molecule has 1 fully saturated rings. The third-order valence-corrected chi connectivity index (χ3v) is 3.54. The average Bonchev–Trinajstić information content (AvgIpc) is 2.31. The SMILES string of the molecule is CC1CCN(C(=O)Nc2cc(F)cc(Cl)c2)CC1O. The highest BCUT2D eigenvalue weighted by Crippen LogP contribution is 2.20. The largest absolute Gasteiger partial charge is 0.391 e. The standard InChI is InChI=1S/C13H16ClFN2O2/c1-8-2-3-17(7-12(8)18)13(19)16-11-5-9(14)4-10(15)6-11/h4-6,8,12,18H,2-3,7H2,1H3,(H,16,19). The molecule has 1 saturated heterocycles. The lowest BCUT2D eigenvalue weighted by atomic mass is 9.96. The number of amides is 2. The maximum Gasteiger partial charge on any atom is 0.321 e. The summed E-state index contributed by atoms with van der Waals surface area (Å²) in [5.74, 6) is -0.317. The molecule has 2 N–H and O–H groups in total. The molecule has 1 aliphatic heterocycles. The van der Waals surface area contributed by atoms with Crippen LogP contribution in [0.25, 0.3) is 0 Å². The van der Waals surface area contributed by atoms with Gasteiger partial charge in [0, 0.05) is 23.8 Å². The summed E-state index contributed by atoms with van der Waals surface area (Å²) in [5.41, 5.74) is 0.308. The summed E-state index contributed by atoms with van der Waals surface area (Å²) < 4.78 is 13.1. The molecule has 0 radical (unpaired) electrons. The van der Waals surface area contributed by atoms with E-state index in [1.54, 1.807) is 0 Å². The highest BCUT2D eigenvalue weighted by atomic mass is 35.5. The fourth-order valence-corrected chi connectivity index (χ4v) is 2.28. The van der Waals surface area contributed by atoms with Crippen molar-refractivity contribution in [1.29, 1.82) is 0 Å². The van der Waals surface area contributed by atoms with Crippen molar-refractivity contribution in [2.24, 2.45) is 5.92 Å². The fraction of sp³-hybridized carbons (Fsp3) is 0.462. The minimum Gasteiger partial charge on any atom is -0.391 e. The quantitative estimate of drug-likeness (QED) is 0.834. The van der Waals surface area contributed by atoms with Gasteiger partial charge in [0.15, 0.2) is 0 Å². The molecule has 0 spiro atoms. The van der Waals surface area contributed by atoms with Gasteiger partial charge in [-0.1, -0.05) is 18.5 Å². The van der Waals surface area contributed by atoms with Crippen LogP contribution in [0.4, 0.5) is 14.9 Å². The highest BCUT2D eigenvalue weighted by molar-refractivity contribution is 6.30. The molecule has 0 bridgehead atoms. The van der Waals surface area contributed by atoms with E-state index >= 15 is 0 Å². The van der Waals surface area contributed by atoms with Gasteiger partial charge in [-0.2, -0.15) is 0 Å². The van der Waals surface area contributed by atoms with Gasteiger partial charge in [-0.15, -0.1) is 0 Å². The minimum absolute atomic E-state index is 0.188. The van der Waals surface area contributed by atoms with Gasteiger partial charge in [0.2, 0.25) is 0 Å². The number of β-amino-alcohol motifs (C(OH)–C–C–N with tert-alkyl or cyclic N) is 1. The van der Waals surface area contributed by atoms with E-state index in [2.05, 4.69) is 5.32 Å². The summed E-state index contributed by atoms with van der Waals surface area (Å²) in [4.78, 5) is 13.5. The van der Waals surface area contributed by atoms with Gasteiger partial charge >= 0.3 is 6.03 Å². The number of likely N-dealkylation sites (tertiary alicyclic amines) is 1. The molecule has 0 aromatic heterocycles. The van der Waals surface area contributed by atoms with Crippen LogP contribution in [-0.2, 0) is 0 Å². The molecule has 2 rings (SSSR count). The van der Waals surface area contributed by atoms with Crippen LogP contribution in [-0.4, -0.2) is 35.2 Å². The Morgan fingerprint density at radius 2 is 2.26 bits per heavy atom. The van der Waals surface area contributed by atoms with Gasteiger partial charge in [0.1, 0.15) is 5.82 Å². The van der Waals surface area contributed by atoms with E-state index in [1.165, 1.54) is 23.1 Å². The van der Waals surface area contributed by atoms with Crippen molar-refractivity contribution in [2.45, 2.75) is 19.4 Å². The Bertz CT molecular complexity index is 463. The zero-order valence-corrected chi connectivity index (χ0v) is 11.3. The van der Waals surface area contributed by atoms with Gasteiger partial charge in [0.05, 0.1) is 6.10 Å². The molecule has 1 aromatic carbocycles. The summed E-state index contributed by atoms with van der Waals surface area (Å²) in [7, 11) is 0. The lowest BCUT2D eigenvalue weighted by molar-refractivity contribution is 0.0464. The smallest absolute Gasteiger partial charge is 0.321 e. The van der Waals surface area contributed by atoms with Gasteiger partial charge in [-0.05, 0) is 30.5 Å². The minimum atomic E-state index is -0.518. The Morgan fingerprint density at radius 3 is 2.89 bits per heavy atom. The molecule has 1 aliphatic rings. The third-order valence-electron chi connectivity index (χ3n) is 3.32. The third kappa shape index (κ3) is 3.58. The van der Waals surface area contributed by atoms with Crippen LogP contribution in [0.2, 0.25) is 5.02 Å². The molecule has 19 heavy (non-hydrogen) atoms. The normalized spacial score (nSPS) is 23.3. The Morgan fingerprint density at radius 1 is 1.53 bits per heavy atom. The number of benzene rings is 1. The number of rotatable bonds is 1. The van der Waals surface area contributed by atoms with E-state index in [1.807, 2.05) is 6.92 Å². The summed E-state index contributed by atoms with van der Waals surface area (Å²) >= 11 is 5.72. The molecule has 0 aliphatic carbocycles. The van der Waals surface area contributed by atoms with E-state index in [0.29, 0.717) is 12.2 Å². The Balaban J connectivity index is 2.01. The van der Waals surface area contributed by atoms with Gasteiger partial charge in [-0.25, -0.2) is 9.18 Å². The van der Waals surface area contributed by atoms with E-state index in [9.17, 15) is 14.3 Å². The molecular weight excluding hydrogens is 271 g/mol. The van der Waals surface area contributed by atoms with Crippen molar-refractivity contribution in [2.75, 3.05) is 18.4 Å². The predicted molar refractivity (Wildman–Crippen MR) is 71.8 cm³/mol. The maximum absolute atomic E-state index is 13.1. The van der Waals surface area contributed by atoms with Crippen molar-refractivity contribution in [3.8, 4) is 0 Å². The van der Waals surface area contributed by atoms with Crippen molar-refractivity contribution in [3.63, 3.8) is 0 Å². The first kappa shape index (κ1) is 14.1. The van der Waals surface area contributed by atoms with E-state index in [0.717, 1.165) is 6.42 Å². The highest BCUT2D eigenvalue weighted by Gasteiger charge is 2.27. The fourth-order valence-electron chi connectivity index (χ4n) is 2.06. The zero-order valence-electron chi connectivity index (χ0n) is 10.6. The Labute approximate surface area is 116 Å². The topological polar surface area (TPSA) is 52.6 Å². The van der Waals surface area contributed by atoms with E-state index in [4.69, 9.17) is 11.6 Å². The van der Waals surface area contributed by atoms with Crippen molar-refractivity contribution in [1.82, 2.24) is 4.90 Å². The van der Waals surface area contributed by atoms with Crippen LogP contribution in [0.1, 0.15) is 13.3 Å². The van der Waals surface area contributed by atoms with Gasteiger partial charge in [0.25, 0.3) is 0 Å². The molecule has 2 amide bonds. The number of hydrogen-bond acceptors (Lipinski definition) is 2. The molecule has 4 nitrogen and oxygen atoms in total. The number of carbonyl (C=O) groups is 1. The number of aliphatic hydroxyl groups excluding tert-OH is 1. The number of halogens is 2. The number of nitrogens with one attached hydrogen (secondary N) is 1. The predicted octanol–water partition coefficient (Wildman–Crippen LogP) is 2.71. The van der Waals surface area contributed by atoms with Crippen LogP contribution in [0.15, 0.2) is 18.2 Å². The maximum atomic E-state index is 13.1. The van der Waals surface area contributed by atoms with Crippen molar-refractivity contribution in [3.05, 3.63) is 29.0 Å².